The highest BCUT2D eigenvalue weighted by Gasteiger charge is 2.18. The molecule has 0 aliphatic carbocycles. The molecular weight excluding hydrogens is 262 g/mol. The first-order valence-electron chi connectivity index (χ1n) is 6.22. The van der Waals surface area contributed by atoms with Gasteiger partial charge in [-0.3, -0.25) is 9.48 Å². The molecule has 0 aliphatic rings. The normalized spacial score (nSPS) is 10.7. The lowest BCUT2D eigenvalue weighted by molar-refractivity contribution is 0.102. The predicted molar refractivity (Wildman–Crippen MR) is 75.5 cm³/mol. The van der Waals surface area contributed by atoms with Gasteiger partial charge in [0.2, 0.25) is 5.78 Å². The lowest BCUT2D eigenvalue weighted by atomic mass is 10.0. The van der Waals surface area contributed by atoms with Gasteiger partial charge in [0, 0.05) is 12.1 Å². The van der Waals surface area contributed by atoms with Crippen LogP contribution in [0.2, 0.25) is 5.02 Å². The van der Waals surface area contributed by atoms with Crippen molar-refractivity contribution >= 4 is 17.4 Å². The van der Waals surface area contributed by atoms with E-state index in [-0.39, 0.29) is 5.78 Å². The fraction of sp³-hybridized carbons (Fsp3) is 0.286. The molecule has 0 radical (unpaired) electrons. The van der Waals surface area contributed by atoms with Crippen molar-refractivity contribution in [3.63, 3.8) is 0 Å². The fourth-order valence-electron chi connectivity index (χ4n) is 1.95. The maximum Gasteiger partial charge on any atom is 0.212 e. The van der Waals surface area contributed by atoms with Gasteiger partial charge >= 0.3 is 0 Å². The van der Waals surface area contributed by atoms with Crippen LogP contribution in [0.5, 0.6) is 0 Å². The van der Waals surface area contributed by atoms with E-state index in [2.05, 4.69) is 5.10 Å². The highest BCUT2D eigenvalue weighted by Crippen LogP contribution is 2.19. The van der Waals surface area contributed by atoms with Crippen LogP contribution in [0.3, 0.4) is 0 Å². The minimum atomic E-state index is -0.108. The molecule has 19 heavy (non-hydrogen) atoms. The van der Waals surface area contributed by atoms with E-state index < -0.39 is 0 Å². The van der Waals surface area contributed by atoms with E-state index in [1.165, 1.54) is 6.20 Å². The topological polar surface area (TPSA) is 60.9 Å². The highest BCUT2D eigenvalue weighted by molar-refractivity contribution is 6.34. The molecule has 4 nitrogen and oxygen atoms in total. The van der Waals surface area contributed by atoms with Crippen LogP contribution in [0.25, 0.3) is 0 Å². The molecule has 0 spiro atoms. The molecule has 0 saturated heterocycles. The summed E-state index contributed by atoms with van der Waals surface area (Å²) in [7, 11) is 0. The van der Waals surface area contributed by atoms with Gasteiger partial charge in [-0.15, -0.1) is 0 Å². The zero-order chi connectivity index (χ0) is 13.8. The first kappa shape index (κ1) is 13.8. The quantitative estimate of drug-likeness (QED) is 0.853. The largest absolute Gasteiger partial charge is 0.330 e. The summed E-state index contributed by atoms with van der Waals surface area (Å²) in [5.74, 6) is -0.108. The van der Waals surface area contributed by atoms with Crippen molar-refractivity contribution in [3.8, 4) is 0 Å². The number of halogens is 1. The first-order valence-corrected chi connectivity index (χ1v) is 6.60. The van der Waals surface area contributed by atoms with Crippen molar-refractivity contribution in [1.29, 1.82) is 0 Å². The van der Waals surface area contributed by atoms with Crippen molar-refractivity contribution in [1.82, 2.24) is 9.78 Å². The Labute approximate surface area is 117 Å². The van der Waals surface area contributed by atoms with E-state index in [0.717, 1.165) is 12.0 Å². The summed E-state index contributed by atoms with van der Waals surface area (Å²) in [4.78, 5) is 12.4. The second-order valence-electron chi connectivity index (χ2n) is 4.22. The van der Waals surface area contributed by atoms with Crippen LogP contribution < -0.4 is 5.73 Å². The first-order chi connectivity index (χ1) is 9.17. The number of nitrogens with zero attached hydrogens (tertiary/aromatic N) is 2. The van der Waals surface area contributed by atoms with Crippen LogP contribution in [-0.2, 0) is 13.0 Å². The zero-order valence-electron chi connectivity index (χ0n) is 10.8. The van der Waals surface area contributed by atoms with Gasteiger partial charge in [0.25, 0.3) is 0 Å². The Kier molecular flexibility index (Phi) is 4.35. The number of hydrogen-bond donors (Lipinski definition) is 1. The van der Waals surface area contributed by atoms with Gasteiger partial charge in [-0.05, 0) is 25.5 Å². The molecule has 5 heteroatoms. The van der Waals surface area contributed by atoms with Crippen LogP contribution in [0, 0.1) is 0 Å². The minimum absolute atomic E-state index is 0.108. The Morgan fingerprint density at radius 2 is 2.05 bits per heavy atom. The van der Waals surface area contributed by atoms with Gasteiger partial charge in [0.15, 0.2) is 0 Å². The summed E-state index contributed by atoms with van der Waals surface area (Å²) < 4.78 is 1.61. The molecule has 2 rings (SSSR count). The fourth-order valence-corrected chi connectivity index (χ4v) is 2.18. The summed E-state index contributed by atoms with van der Waals surface area (Å²) in [6.07, 6.45) is 2.31. The highest BCUT2D eigenvalue weighted by atomic mass is 35.5. The van der Waals surface area contributed by atoms with E-state index in [0.29, 0.717) is 29.4 Å². The van der Waals surface area contributed by atoms with Crippen molar-refractivity contribution < 1.29 is 4.79 Å². The van der Waals surface area contributed by atoms with E-state index in [1.54, 1.807) is 16.8 Å². The molecule has 1 aromatic carbocycles. The van der Waals surface area contributed by atoms with Gasteiger partial charge in [-0.1, -0.05) is 35.9 Å². The molecular formula is C14H16ClN3O. The number of hydrogen-bond acceptors (Lipinski definition) is 3. The van der Waals surface area contributed by atoms with Crippen molar-refractivity contribution in [2.24, 2.45) is 5.73 Å². The monoisotopic (exact) mass is 277 g/mol. The van der Waals surface area contributed by atoms with Crippen molar-refractivity contribution in [3.05, 3.63) is 52.3 Å². The number of carbonyl (C=O) groups excluding carboxylic acids is 1. The van der Waals surface area contributed by atoms with E-state index >= 15 is 0 Å². The Balaban J connectivity index is 2.30. The van der Waals surface area contributed by atoms with Crippen LogP contribution in [-0.4, -0.2) is 22.1 Å². The number of benzene rings is 1. The Hall–Kier alpha value is -1.65. The van der Waals surface area contributed by atoms with Crippen molar-refractivity contribution in [2.75, 3.05) is 6.54 Å². The second-order valence-corrected chi connectivity index (χ2v) is 4.63. The number of rotatable bonds is 5. The van der Waals surface area contributed by atoms with Gasteiger partial charge < -0.3 is 5.73 Å². The third-order valence-electron chi connectivity index (χ3n) is 2.96. The van der Waals surface area contributed by atoms with Gasteiger partial charge in [-0.25, -0.2) is 0 Å². The maximum atomic E-state index is 12.4. The number of aryl methyl sites for hydroxylation is 1. The van der Waals surface area contributed by atoms with Crippen LogP contribution in [0.15, 0.2) is 30.5 Å². The minimum Gasteiger partial charge on any atom is -0.330 e. The molecule has 2 aromatic rings. The predicted octanol–water partition coefficient (Wildman–Crippen LogP) is 2.29. The number of aromatic nitrogens is 2. The van der Waals surface area contributed by atoms with Gasteiger partial charge in [0.05, 0.1) is 11.2 Å². The molecule has 0 bridgehead atoms. The summed E-state index contributed by atoms with van der Waals surface area (Å²) in [6, 6.07) is 7.44. The molecule has 100 valence electrons. The maximum absolute atomic E-state index is 12.4. The molecule has 0 fully saturated rings. The van der Waals surface area contributed by atoms with E-state index in [9.17, 15) is 4.79 Å². The number of carbonyl (C=O) groups is 1. The van der Waals surface area contributed by atoms with Crippen molar-refractivity contribution in [2.45, 2.75) is 19.9 Å². The number of ketones is 1. The average molecular weight is 278 g/mol. The third-order valence-corrected chi connectivity index (χ3v) is 3.24. The summed E-state index contributed by atoms with van der Waals surface area (Å²) in [5.41, 5.74) is 7.67. The number of nitrogens with two attached hydrogens (primary N) is 1. The van der Waals surface area contributed by atoms with Crippen LogP contribution in [0.1, 0.15) is 28.5 Å². The van der Waals surface area contributed by atoms with Gasteiger partial charge in [0.1, 0.15) is 5.69 Å². The van der Waals surface area contributed by atoms with Crippen LogP contribution in [0.4, 0.5) is 0 Å². The second kappa shape index (κ2) is 5.99. The Morgan fingerprint density at radius 3 is 2.63 bits per heavy atom. The average Bonchev–Trinajstić information content (AvgIpc) is 2.80. The molecule has 2 N–H and O–H groups in total. The lowest BCUT2D eigenvalue weighted by Gasteiger charge is -2.06. The smallest absolute Gasteiger partial charge is 0.212 e. The van der Waals surface area contributed by atoms with E-state index in [4.69, 9.17) is 17.3 Å². The lowest BCUT2D eigenvalue weighted by Crippen LogP contribution is -2.11. The molecule has 0 unspecified atom stereocenters. The summed E-state index contributed by atoms with van der Waals surface area (Å²) in [6.45, 7) is 3.13. The standard InChI is InChI=1S/C14H16ClN3O/c1-2-18-13(12(15)9-17-18)14(19)11-5-3-10(4-6-11)7-8-16/h3-6,9H,2,7-8,16H2,1H3. The summed E-state index contributed by atoms with van der Waals surface area (Å²) in [5, 5.41) is 4.46. The Morgan fingerprint density at radius 1 is 1.37 bits per heavy atom. The molecule has 0 atom stereocenters. The SMILES string of the molecule is CCn1ncc(Cl)c1C(=O)c1ccc(CCN)cc1. The molecule has 0 saturated carbocycles. The summed E-state index contributed by atoms with van der Waals surface area (Å²) >= 11 is 6.03. The van der Waals surface area contributed by atoms with E-state index in [1.807, 2.05) is 19.1 Å². The molecule has 0 amide bonds. The Bertz CT molecular complexity index is 575. The molecule has 1 heterocycles. The molecule has 1 aromatic heterocycles. The van der Waals surface area contributed by atoms with Crippen LogP contribution >= 0.6 is 11.6 Å². The molecule has 0 aliphatic heterocycles. The van der Waals surface area contributed by atoms with Gasteiger partial charge in [-0.2, -0.15) is 5.10 Å². The zero-order valence-corrected chi connectivity index (χ0v) is 11.5. The third kappa shape index (κ3) is 2.85.